The summed E-state index contributed by atoms with van der Waals surface area (Å²) in [6.45, 7) is 2.34. The number of carbonyl (C=O) groups is 2. The Morgan fingerprint density at radius 1 is 1.08 bits per heavy atom. The van der Waals surface area contributed by atoms with Gasteiger partial charge in [0.15, 0.2) is 11.5 Å². The molecule has 0 heterocycles. The normalized spacial score (nSPS) is 9.81. The second-order valence-electron chi connectivity index (χ2n) is 5.17. The first-order valence-electron chi connectivity index (χ1n) is 8.14. The lowest BCUT2D eigenvalue weighted by Gasteiger charge is -2.22. The van der Waals surface area contributed by atoms with Crippen LogP contribution in [0.2, 0.25) is 0 Å². The number of methoxy groups -OCH3 is 3. The van der Waals surface area contributed by atoms with Crippen molar-refractivity contribution in [3.63, 3.8) is 0 Å². The summed E-state index contributed by atoms with van der Waals surface area (Å²) in [7, 11) is 4.39. The van der Waals surface area contributed by atoms with Gasteiger partial charge in [0.25, 0.3) is 5.91 Å². The number of amides is 1. The Labute approximate surface area is 153 Å². The van der Waals surface area contributed by atoms with Crippen molar-refractivity contribution in [3.8, 4) is 23.3 Å². The molecular weight excluding hydrogens is 340 g/mol. The molecule has 1 rings (SSSR count). The van der Waals surface area contributed by atoms with Crippen LogP contribution < -0.4 is 14.2 Å². The fourth-order valence-electron chi connectivity index (χ4n) is 2.35. The van der Waals surface area contributed by atoms with Crippen molar-refractivity contribution in [1.82, 2.24) is 4.90 Å². The number of esters is 1. The number of hydrogen-bond donors (Lipinski definition) is 0. The van der Waals surface area contributed by atoms with E-state index < -0.39 is 5.97 Å². The van der Waals surface area contributed by atoms with E-state index in [1.165, 1.54) is 38.4 Å². The summed E-state index contributed by atoms with van der Waals surface area (Å²) >= 11 is 0. The van der Waals surface area contributed by atoms with Gasteiger partial charge < -0.3 is 23.8 Å². The molecule has 142 valence electrons. The fourth-order valence-corrected chi connectivity index (χ4v) is 2.35. The van der Waals surface area contributed by atoms with Crippen LogP contribution in [0.25, 0.3) is 0 Å². The zero-order chi connectivity index (χ0) is 19.5. The largest absolute Gasteiger partial charge is 0.493 e. The van der Waals surface area contributed by atoms with Crippen molar-refractivity contribution in [2.24, 2.45) is 0 Å². The van der Waals surface area contributed by atoms with E-state index in [1.807, 2.05) is 6.07 Å². The number of nitriles is 1. The van der Waals surface area contributed by atoms with Crippen molar-refractivity contribution in [2.45, 2.75) is 19.8 Å². The van der Waals surface area contributed by atoms with Gasteiger partial charge in [-0.1, -0.05) is 0 Å². The van der Waals surface area contributed by atoms with Gasteiger partial charge in [-0.25, -0.2) is 0 Å². The summed E-state index contributed by atoms with van der Waals surface area (Å²) in [5.74, 6) is 0.333. The first-order valence-corrected chi connectivity index (χ1v) is 8.14. The van der Waals surface area contributed by atoms with Crippen LogP contribution in [0.15, 0.2) is 12.1 Å². The lowest BCUT2D eigenvalue weighted by Crippen LogP contribution is -2.34. The van der Waals surface area contributed by atoms with Gasteiger partial charge in [-0.3, -0.25) is 9.59 Å². The van der Waals surface area contributed by atoms with E-state index in [0.717, 1.165) is 0 Å². The van der Waals surface area contributed by atoms with Crippen LogP contribution in [-0.2, 0) is 9.53 Å². The number of rotatable bonds is 10. The molecule has 0 N–H and O–H groups in total. The van der Waals surface area contributed by atoms with Gasteiger partial charge in [-0.2, -0.15) is 5.26 Å². The Morgan fingerprint density at radius 2 is 1.69 bits per heavy atom. The van der Waals surface area contributed by atoms with Crippen LogP contribution in [0.5, 0.6) is 17.2 Å². The topological polar surface area (TPSA) is 98.1 Å². The van der Waals surface area contributed by atoms with Gasteiger partial charge >= 0.3 is 5.97 Å². The van der Waals surface area contributed by atoms with Crippen molar-refractivity contribution >= 4 is 11.9 Å². The van der Waals surface area contributed by atoms with Crippen LogP contribution in [-0.4, -0.2) is 57.8 Å². The van der Waals surface area contributed by atoms with Crippen LogP contribution in [0, 0.1) is 11.3 Å². The minimum Gasteiger partial charge on any atom is -0.493 e. The van der Waals surface area contributed by atoms with Crippen molar-refractivity contribution in [1.29, 1.82) is 5.26 Å². The Bertz CT molecular complexity index is 643. The van der Waals surface area contributed by atoms with Crippen LogP contribution >= 0.6 is 0 Å². The van der Waals surface area contributed by atoms with E-state index in [9.17, 15) is 9.59 Å². The molecule has 0 saturated heterocycles. The van der Waals surface area contributed by atoms with E-state index in [-0.39, 0.29) is 38.4 Å². The first-order chi connectivity index (χ1) is 12.5. The third-order valence-electron chi connectivity index (χ3n) is 3.58. The number of hydrogen-bond acceptors (Lipinski definition) is 7. The molecule has 8 heteroatoms. The molecule has 0 bridgehead atoms. The van der Waals surface area contributed by atoms with E-state index >= 15 is 0 Å². The molecule has 0 fully saturated rings. The smallest absolute Gasteiger partial charge is 0.307 e. The summed E-state index contributed by atoms with van der Waals surface area (Å²) in [4.78, 5) is 25.9. The Kier molecular flexibility index (Phi) is 8.78. The van der Waals surface area contributed by atoms with Gasteiger partial charge in [-0.15, -0.1) is 0 Å². The molecule has 0 aromatic heterocycles. The van der Waals surface area contributed by atoms with Gasteiger partial charge in [0.05, 0.1) is 46.8 Å². The first kappa shape index (κ1) is 21.1. The third kappa shape index (κ3) is 5.55. The number of benzene rings is 1. The maximum absolute atomic E-state index is 12.9. The van der Waals surface area contributed by atoms with Crippen molar-refractivity contribution in [3.05, 3.63) is 17.7 Å². The van der Waals surface area contributed by atoms with Gasteiger partial charge in [-0.05, 0) is 19.1 Å². The molecule has 1 aromatic rings. The molecule has 0 radical (unpaired) electrons. The Hall–Kier alpha value is -2.95. The molecule has 0 aliphatic rings. The Balaban J connectivity index is 3.09. The molecule has 0 aliphatic carbocycles. The summed E-state index contributed by atoms with van der Waals surface area (Å²) in [6.07, 6.45) is 0.203. The van der Waals surface area contributed by atoms with Gasteiger partial charge in [0.1, 0.15) is 0 Å². The van der Waals surface area contributed by atoms with E-state index in [1.54, 1.807) is 6.92 Å². The standard InChI is InChI=1S/C18H24N2O6/c1-5-26-16(21)7-10-20(9-6-8-19)18(22)13-11-14(23-2)17(25-4)15(12-13)24-3/h11-12H,5-7,9-10H2,1-4H3. The molecule has 0 spiro atoms. The van der Waals surface area contributed by atoms with E-state index in [2.05, 4.69) is 0 Å². The van der Waals surface area contributed by atoms with Crippen LogP contribution in [0.3, 0.4) is 0 Å². The summed E-state index contributed by atoms with van der Waals surface area (Å²) in [6, 6.07) is 5.07. The molecule has 0 aliphatic heterocycles. The third-order valence-corrected chi connectivity index (χ3v) is 3.58. The highest BCUT2D eigenvalue weighted by Crippen LogP contribution is 2.38. The van der Waals surface area contributed by atoms with Crippen molar-refractivity contribution < 1.29 is 28.5 Å². The highest BCUT2D eigenvalue weighted by Gasteiger charge is 2.21. The van der Waals surface area contributed by atoms with Crippen molar-refractivity contribution in [2.75, 3.05) is 41.0 Å². The Morgan fingerprint density at radius 3 is 2.15 bits per heavy atom. The van der Waals surface area contributed by atoms with Crippen LogP contribution in [0.1, 0.15) is 30.1 Å². The zero-order valence-corrected chi connectivity index (χ0v) is 15.5. The molecule has 0 unspecified atom stereocenters. The summed E-state index contributed by atoms with van der Waals surface area (Å²) < 4.78 is 20.6. The predicted molar refractivity (Wildman–Crippen MR) is 93.5 cm³/mol. The molecule has 1 amide bonds. The number of nitrogens with zero attached hydrogens (tertiary/aromatic N) is 2. The van der Waals surface area contributed by atoms with E-state index in [0.29, 0.717) is 22.8 Å². The molecule has 8 nitrogen and oxygen atoms in total. The quantitative estimate of drug-likeness (QED) is 0.586. The average molecular weight is 364 g/mol. The summed E-state index contributed by atoms with van der Waals surface area (Å²) in [5, 5.41) is 8.83. The molecular formula is C18H24N2O6. The second-order valence-corrected chi connectivity index (χ2v) is 5.17. The second kappa shape index (κ2) is 10.8. The summed E-state index contributed by atoms with van der Waals surface area (Å²) in [5.41, 5.74) is 0.307. The average Bonchev–Trinajstić information content (AvgIpc) is 2.66. The SMILES string of the molecule is CCOC(=O)CCN(CCC#N)C(=O)c1cc(OC)c(OC)c(OC)c1. The fraction of sp³-hybridized carbons (Fsp3) is 0.500. The maximum Gasteiger partial charge on any atom is 0.307 e. The lowest BCUT2D eigenvalue weighted by atomic mass is 10.1. The van der Waals surface area contributed by atoms with Crippen LogP contribution in [0.4, 0.5) is 0 Å². The number of carbonyl (C=O) groups excluding carboxylic acids is 2. The monoisotopic (exact) mass is 364 g/mol. The minimum atomic E-state index is -0.396. The predicted octanol–water partition coefficient (Wildman–Crippen LogP) is 2.02. The molecule has 26 heavy (non-hydrogen) atoms. The molecule has 0 saturated carbocycles. The molecule has 0 atom stereocenters. The highest BCUT2D eigenvalue weighted by molar-refractivity contribution is 5.96. The number of ether oxygens (including phenoxy) is 4. The highest BCUT2D eigenvalue weighted by atomic mass is 16.5. The molecule has 1 aromatic carbocycles. The lowest BCUT2D eigenvalue weighted by molar-refractivity contribution is -0.143. The minimum absolute atomic E-state index is 0.0510. The zero-order valence-electron chi connectivity index (χ0n) is 15.5. The van der Waals surface area contributed by atoms with Gasteiger partial charge in [0, 0.05) is 18.7 Å². The van der Waals surface area contributed by atoms with Gasteiger partial charge in [0.2, 0.25) is 5.75 Å². The maximum atomic E-state index is 12.9. The van der Waals surface area contributed by atoms with E-state index in [4.69, 9.17) is 24.2 Å².